The molecule has 31 heavy (non-hydrogen) atoms. The monoisotopic (exact) mass is 418 g/mol. The minimum absolute atomic E-state index is 0.00344. The first kappa shape index (κ1) is 19.0. The quantitative estimate of drug-likeness (QED) is 0.531. The molecule has 4 heterocycles. The maximum atomic E-state index is 13.7. The number of rotatable bonds is 4. The predicted molar refractivity (Wildman–Crippen MR) is 114 cm³/mol. The van der Waals surface area contributed by atoms with Crippen LogP contribution in [0.3, 0.4) is 0 Å². The highest BCUT2D eigenvalue weighted by molar-refractivity contribution is 6.05. The van der Waals surface area contributed by atoms with Crippen molar-refractivity contribution >= 4 is 23.1 Å². The van der Waals surface area contributed by atoms with Crippen molar-refractivity contribution in [2.75, 3.05) is 16.8 Å². The van der Waals surface area contributed by atoms with Crippen LogP contribution in [0.25, 0.3) is 5.65 Å². The average Bonchev–Trinajstić information content (AvgIpc) is 3.41. The summed E-state index contributed by atoms with van der Waals surface area (Å²) >= 11 is 0. The van der Waals surface area contributed by atoms with Gasteiger partial charge in [0.05, 0.1) is 12.2 Å². The number of hydrogen-bond acceptors (Lipinski definition) is 5. The van der Waals surface area contributed by atoms with E-state index in [-0.39, 0.29) is 17.4 Å². The van der Waals surface area contributed by atoms with E-state index in [4.69, 9.17) is 4.98 Å². The minimum atomic E-state index is -0.539. The van der Waals surface area contributed by atoms with Gasteiger partial charge in [0.2, 0.25) is 0 Å². The standard InChI is InChI=1S/C22H19FN6O2/c23-15-5-1-4-14(12-15)18-7-3-10-28(18)19-8-11-29-20(27-19)17(13-25-29)26-22(31)16-6-2-9-24-21(16)30/h1-2,4-6,8-9,11-13,18H,3,7,10H2,(H,24,30)(H,26,31)/t18-/m1/s1. The van der Waals surface area contributed by atoms with Crippen molar-refractivity contribution in [3.63, 3.8) is 0 Å². The van der Waals surface area contributed by atoms with Crippen LogP contribution in [0.4, 0.5) is 15.9 Å². The van der Waals surface area contributed by atoms with Gasteiger partial charge in [0, 0.05) is 18.9 Å². The summed E-state index contributed by atoms with van der Waals surface area (Å²) in [5.74, 6) is -0.0833. The molecular formula is C22H19FN6O2. The van der Waals surface area contributed by atoms with Gasteiger partial charge in [-0.2, -0.15) is 5.10 Å². The number of anilines is 2. The van der Waals surface area contributed by atoms with Crippen LogP contribution in [0.5, 0.6) is 0 Å². The predicted octanol–water partition coefficient (Wildman–Crippen LogP) is 3.15. The number of hydrogen-bond donors (Lipinski definition) is 2. The minimum Gasteiger partial charge on any atom is -0.349 e. The number of H-pyrrole nitrogens is 1. The number of fused-ring (bicyclic) bond motifs is 1. The number of carbonyl (C=O) groups excluding carboxylic acids is 1. The fraction of sp³-hybridized carbons (Fsp3) is 0.182. The van der Waals surface area contributed by atoms with Gasteiger partial charge >= 0.3 is 0 Å². The lowest BCUT2D eigenvalue weighted by atomic mass is 10.0. The largest absolute Gasteiger partial charge is 0.349 e. The van der Waals surface area contributed by atoms with Gasteiger partial charge in [0.1, 0.15) is 22.9 Å². The molecule has 1 fully saturated rings. The highest BCUT2D eigenvalue weighted by Crippen LogP contribution is 2.35. The fourth-order valence-corrected chi connectivity index (χ4v) is 4.00. The molecule has 0 unspecified atom stereocenters. The molecule has 0 spiro atoms. The molecule has 1 amide bonds. The highest BCUT2D eigenvalue weighted by atomic mass is 19.1. The van der Waals surface area contributed by atoms with Gasteiger partial charge in [-0.15, -0.1) is 0 Å². The molecule has 2 N–H and O–H groups in total. The number of carbonyl (C=O) groups is 1. The summed E-state index contributed by atoms with van der Waals surface area (Å²) < 4.78 is 15.3. The van der Waals surface area contributed by atoms with E-state index < -0.39 is 11.5 Å². The Morgan fingerprint density at radius 1 is 1.23 bits per heavy atom. The molecule has 0 bridgehead atoms. The van der Waals surface area contributed by atoms with E-state index in [9.17, 15) is 14.0 Å². The fourth-order valence-electron chi connectivity index (χ4n) is 4.00. The molecule has 3 aromatic heterocycles. The number of benzene rings is 1. The number of pyridine rings is 1. The average molecular weight is 418 g/mol. The van der Waals surface area contributed by atoms with Crippen LogP contribution < -0.4 is 15.8 Å². The Morgan fingerprint density at radius 3 is 2.97 bits per heavy atom. The molecule has 0 saturated carbocycles. The first-order valence-corrected chi connectivity index (χ1v) is 9.96. The molecule has 9 heteroatoms. The number of aromatic nitrogens is 4. The Morgan fingerprint density at radius 2 is 2.13 bits per heavy atom. The summed E-state index contributed by atoms with van der Waals surface area (Å²) in [6.45, 7) is 0.791. The van der Waals surface area contributed by atoms with Crippen molar-refractivity contribution in [2.45, 2.75) is 18.9 Å². The number of nitrogens with zero attached hydrogens (tertiary/aromatic N) is 4. The lowest BCUT2D eigenvalue weighted by Gasteiger charge is -2.26. The molecule has 5 rings (SSSR count). The first-order valence-electron chi connectivity index (χ1n) is 9.96. The summed E-state index contributed by atoms with van der Waals surface area (Å²) in [5.41, 5.74) is 1.30. The van der Waals surface area contributed by atoms with E-state index in [0.717, 1.165) is 24.9 Å². The highest BCUT2D eigenvalue weighted by Gasteiger charge is 2.28. The molecule has 1 saturated heterocycles. The van der Waals surface area contributed by atoms with Gasteiger partial charge in [-0.25, -0.2) is 13.9 Å². The summed E-state index contributed by atoms with van der Waals surface area (Å²) in [7, 11) is 0. The zero-order valence-electron chi connectivity index (χ0n) is 16.5. The van der Waals surface area contributed by atoms with Crippen LogP contribution in [0.2, 0.25) is 0 Å². The molecule has 1 aliphatic rings. The van der Waals surface area contributed by atoms with Crippen LogP contribution in [0.1, 0.15) is 34.8 Å². The SMILES string of the molecule is O=C(Nc1cnn2ccc(N3CCC[C@@H]3c3cccc(F)c3)nc12)c1ccc[nH]c1=O. The Hall–Kier alpha value is -4.01. The first-order chi connectivity index (χ1) is 15.1. The van der Waals surface area contributed by atoms with Gasteiger partial charge in [0.15, 0.2) is 5.65 Å². The Bertz CT molecular complexity index is 1330. The van der Waals surface area contributed by atoms with Crippen molar-refractivity contribution in [2.24, 2.45) is 0 Å². The molecule has 1 aromatic carbocycles. The van der Waals surface area contributed by atoms with E-state index in [1.54, 1.807) is 28.9 Å². The summed E-state index contributed by atoms with van der Waals surface area (Å²) in [6.07, 6.45) is 6.59. The second-order valence-electron chi connectivity index (χ2n) is 7.39. The van der Waals surface area contributed by atoms with Crippen molar-refractivity contribution in [3.05, 3.63) is 88.4 Å². The molecule has 156 valence electrons. The van der Waals surface area contributed by atoms with Crippen LogP contribution in [0, 0.1) is 5.82 Å². The maximum absolute atomic E-state index is 13.7. The lowest BCUT2D eigenvalue weighted by Crippen LogP contribution is -2.24. The zero-order valence-corrected chi connectivity index (χ0v) is 16.5. The molecular weight excluding hydrogens is 399 g/mol. The third-order valence-electron chi connectivity index (χ3n) is 5.45. The van der Waals surface area contributed by atoms with Crippen LogP contribution >= 0.6 is 0 Å². The topological polar surface area (TPSA) is 95.4 Å². The van der Waals surface area contributed by atoms with E-state index in [2.05, 4.69) is 20.3 Å². The maximum Gasteiger partial charge on any atom is 0.261 e. The lowest BCUT2D eigenvalue weighted by molar-refractivity contribution is 0.102. The molecule has 8 nitrogen and oxygen atoms in total. The van der Waals surface area contributed by atoms with E-state index in [0.29, 0.717) is 17.2 Å². The number of halogens is 1. The van der Waals surface area contributed by atoms with Gasteiger partial charge in [-0.3, -0.25) is 9.59 Å². The number of aromatic amines is 1. The molecule has 1 atom stereocenters. The third kappa shape index (κ3) is 3.54. The summed E-state index contributed by atoms with van der Waals surface area (Å²) in [4.78, 5) is 33.8. The molecule has 4 aromatic rings. The van der Waals surface area contributed by atoms with Gasteiger partial charge in [-0.05, 0) is 48.7 Å². The number of nitrogens with one attached hydrogen (secondary N) is 2. The zero-order chi connectivity index (χ0) is 21.4. The van der Waals surface area contributed by atoms with Gasteiger partial charge in [-0.1, -0.05) is 12.1 Å². The second-order valence-corrected chi connectivity index (χ2v) is 7.39. The Balaban J connectivity index is 1.47. The normalized spacial score (nSPS) is 16.0. The Labute approximate surface area is 176 Å². The van der Waals surface area contributed by atoms with Gasteiger partial charge < -0.3 is 15.2 Å². The summed E-state index contributed by atoms with van der Waals surface area (Å²) in [5, 5.41) is 6.95. The van der Waals surface area contributed by atoms with Crippen LogP contribution in [-0.2, 0) is 0 Å². The van der Waals surface area contributed by atoms with E-state index in [1.807, 2.05) is 12.1 Å². The molecule has 1 aliphatic heterocycles. The van der Waals surface area contributed by atoms with Crippen molar-refractivity contribution in [1.29, 1.82) is 0 Å². The molecule has 0 aliphatic carbocycles. The summed E-state index contributed by atoms with van der Waals surface area (Å²) in [6, 6.07) is 11.5. The van der Waals surface area contributed by atoms with Crippen molar-refractivity contribution < 1.29 is 9.18 Å². The van der Waals surface area contributed by atoms with Gasteiger partial charge in [0.25, 0.3) is 11.5 Å². The number of amides is 1. The van der Waals surface area contributed by atoms with Crippen molar-refractivity contribution in [1.82, 2.24) is 19.6 Å². The third-order valence-corrected chi connectivity index (χ3v) is 5.45. The molecule has 0 radical (unpaired) electrons. The van der Waals surface area contributed by atoms with Crippen LogP contribution in [0.15, 0.2) is 65.8 Å². The second kappa shape index (κ2) is 7.67. The van der Waals surface area contributed by atoms with Crippen molar-refractivity contribution in [3.8, 4) is 0 Å². The van der Waals surface area contributed by atoms with E-state index in [1.165, 1.54) is 24.5 Å². The van der Waals surface area contributed by atoms with E-state index >= 15 is 0 Å². The smallest absolute Gasteiger partial charge is 0.261 e. The van der Waals surface area contributed by atoms with Crippen LogP contribution in [-0.4, -0.2) is 32.0 Å². The Kier molecular flexibility index (Phi) is 4.70.